The van der Waals surface area contributed by atoms with Crippen molar-refractivity contribution < 1.29 is 18.7 Å². The van der Waals surface area contributed by atoms with E-state index in [-0.39, 0.29) is 34.7 Å². The zero-order chi connectivity index (χ0) is 23.8. The molecule has 0 fully saturated rings. The lowest BCUT2D eigenvalue weighted by Gasteiger charge is -2.23. The van der Waals surface area contributed by atoms with Crippen LogP contribution in [-0.4, -0.2) is 39.3 Å². The first-order valence-electron chi connectivity index (χ1n) is 10.4. The monoisotopic (exact) mass is 449 g/mol. The minimum atomic E-state index is -0.452. The van der Waals surface area contributed by atoms with E-state index in [4.69, 9.17) is 9.47 Å². The number of benzene rings is 1. The Morgan fingerprint density at radius 2 is 2.06 bits per heavy atom. The summed E-state index contributed by atoms with van der Waals surface area (Å²) in [6.45, 7) is 7.06. The zero-order valence-electron chi connectivity index (χ0n) is 18.9. The molecule has 2 aromatic heterocycles. The van der Waals surface area contributed by atoms with Crippen LogP contribution in [0.5, 0.6) is 11.5 Å². The largest absolute Gasteiger partial charge is 0.494 e. The molecule has 1 aliphatic rings. The summed E-state index contributed by atoms with van der Waals surface area (Å²) in [5.74, 6) is -0.211. The van der Waals surface area contributed by atoms with Crippen LogP contribution < -0.4 is 9.47 Å². The Kier molecular flexibility index (Phi) is 5.77. The molecule has 1 aromatic carbocycles. The van der Waals surface area contributed by atoms with Crippen LogP contribution in [0.15, 0.2) is 36.8 Å². The molecule has 3 aromatic rings. The molecule has 170 valence electrons. The highest BCUT2D eigenvalue weighted by molar-refractivity contribution is 6.00. The molecule has 9 heteroatoms. The molecule has 1 aliphatic heterocycles. The zero-order valence-corrected chi connectivity index (χ0v) is 18.9. The molecule has 0 atom stereocenters. The summed E-state index contributed by atoms with van der Waals surface area (Å²) in [5, 5.41) is 14.0. The van der Waals surface area contributed by atoms with Gasteiger partial charge in [-0.2, -0.15) is 10.4 Å². The number of nitrogens with zero attached hydrogens (tertiary/aromatic N) is 5. The minimum Gasteiger partial charge on any atom is -0.494 e. The molecule has 0 aliphatic carbocycles. The predicted molar refractivity (Wildman–Crippen MR) is 118 cm³/mol. The van der Waals surface area contributed by atoms with Crippen LogP contribution in [-0.2, 0) is 13.1 Å². The number of pyridine rings is 1. The van der Waals surface area contributed by atoms with Crippen molar-refractivity contribution >= 4 is 5.91 Å². The molecule has 0 bridgehead atoms. The van der Waals surface area contributed by atoms with Crippen LogP contribution in [0.25, 0.3) is 5.69 Å². The maximum Gasteiger partial charge on any atom is 0.262 e. The molecule has 0 saturated carbocycles. The van der Waals surface area contributed by atoms with Crippen LogP contribution in [0, 0.1) is 22.6 Å². The SMILES string of the molecule is COc1c(C#N)ccc(OCC(C)(C)C)c1C(=O)N1Cc2cn(-c3cncc(F)c3)nc2C1. The van der Waals surface area contributed by atoms with Crippen LogP contribution in [0.2, 0.25) is 0 Å². The first-order chi connectivity index (χ1) is 15.7. The lowest BCUT2D eigenvalue weighted by Crippen LogP contribution is -2.28. The van der Waals surface area contributed by atoms with Gasteiger partial charge in [0.15, 0.2) is 5.75 Å². The number of fused-ring (bicyclic) bond motifs is 1. The van der Waals surface area contributed by atoms with E-state index in [9.17, 15) is 14.4 Å². The average molecular weight is 449 g/mol. The van der Waals surface area contributed by atoms with Crippen molar-refractivity contribution in [3.05, 3.63) is 65.0 Å². The van der Waals surface area contributed by atoms with E-state index >= 15 is 0 Å². The quantitative estimate of drug-likeness (QED) is 0.587. The lowest BCUT2D eigenvalue weighted by atomic mass is 9.98. The summed E-state index contributed by atoms with van der Waals surface area (Å²) >= 11 is 0. The summed E-state index contributed by atoms with van der Waals surface area (Å²) in [6, 6.07) is 6.63. The number of carbonyl (C=O) groups excluding carboxylic acids is 1. The summed E-state index contributed by atoms with van der Waals surface area (Å²) in [5.41, 5.74) is 2.41. The minimum absolute atomic E-state index is 0.124. The summed E-state index contributed by atoms with van der Waals surface area (Å²) < 4.78 is 26.5. The number of rotatable bonds is 5. The van der Waals surface area contributed by atoms with E-state index in [0.717, 1.165) is 11.8 Å². The van der Waals surface area contributed by atoms with E-state index in [1.165, 1.54) is 19.4 Å². The van der Waals surface area contributed by atoms with Gasteiger partial charge in [0, 0.05) is 24.4 Å². The summed E-state index contributed by atoms with van der Waals surface area (Å²) in [7, 11) is 1.43. The van der Waals surface area contributed by atoms with Crippen molar-refractivity contribution in [3.8, 4) is 23.3 Å². The van der Waals surface area contributed by atoms with E-state index in [1.807, 2.05) is 20.8 Å². The Bertz CT molecular complexity index is 1230. The lowest BCUT2D eigenvalue weighted by molar-refractivity contribution is 0.0738. The third kappa shape index (κ3) is 4.51. The van der Waals surface area contributed by atoms with Gasteiger partial charge in [-0.05, 0) is 17.5 Å². The van der Waals surface area contributed by atoms with Gasteiger partial charge in [0.1, 0.15) is 23.2 Å². The molecule has 0 spiro atoms. The maximum absolute atomic E-state index is 13.6. The van der Waals surface area contributed by atoms with E-state index in [1.54, 1.807) is 27.9 Å². The van der Waals surface area contributed by atoms with Crippen molar-refractivity contribution in [1.82, 2.24) is 19.7 Å². The molecule has 0 saturated heterocycles. The smallest absolute Gasteiger partial charge is 0.262 e. The number of aromatic nitrogens is 3. The van der Waals surface area contributed by atoms with Crippen molar-refractivity contribution in [3.63, 3.8) is 0 Å². The van der Waals surface area contributed by atoms with Crippen LogP contribution in [0.1, 0.15) is 48.0 Å². The second-order valence-electron chi connectivity index (χ2n) is 9.05. The van der Waals surface area contributed by atoms with Gasteiger partial charge in [-0.25, -0.2) is 9.07 Å². The molecule has 0 N–H and O–H groups in total. The number of ether oxygens (including phenoxy) is 2. The highest BCUT2D eigenvalue weighted by atomic mass is 19.1. The van der Waals surface area contributed by atoms with Crippen molar-refractivity contribution in [2.75, 3.05) is 13.7 Å². The van der Waals surface area contributed by atoms with Gasteiger partial charge in [-0.3, -0.25) is 9.78 Å². The first-order valence-corrected chi connectivity index (χ1v) is 10.4. The topological polar surface area (TPSA) is 93.3 Å². The third-order valence-corrected chi connectivity index (χ3v) is 5.14. The first kappa shape index (κ1) is 22.3. The number of amides is 1. The van der Waals surface area contributed by atoms with Gasteiger partial charge in [0.05, 0.1) is 49.6 Å². The number of hydrogen-bond acceptors (Lipinski definition) is 6. The maximum atomic E-state index is 13.6. The Hall–Kier alpha value is -3.93. The van der Waals surface area contributed by atoms with E-state index in [2.05, 4.69) is 16.2 Å². The van der Waals surface area contributed by atoms with Gasteiger partial charge in [-0.1, -0.05) is 20.8 Å². The van der Waals surface area contributed by atoms with Crippen molar-refractivity contribution in [1.29, 1.82) is 5.26 Å². The molecule has 3 heterocycles. The molecule has 0 radical (unpaired) electrons. The molecular weight excluding hydrogens is 425 g/mol. The van der Waals surface area contributed by atoms with Gasteiger partial charge >= 0.3 is 0 Å². The van der Waals surface area contributed by atoms with Crippen LogP contribution in [0.4, 0.5) is 4.39 Å². The number of nitriles is 1. The Morgan fingerprint density at radius 1 is 1.27 bits per heavy atom. The second kappa shape index (κ2) is 8.54. The van der Waals surface area contributed by atoms with Gasteiger partial charge in [-0.15, -0.1) is 0 Å². The molecule has 4 rings (SSSR count). The molecule has 0 unspecified atom stereocenters. The highest BCUT2D eigenvalue weighted by Gasteiger charge is 2.32. The molecular formula is C24H24FN5O3. The standard InChI is InChI=1S/C24H24FN5O3/c1-24(2,3)14-33-20-6-5-15(8-26)22(32-4)21(20)23(31)29-11-16-12-30(28-19(16)13-29)18-7-17(25)9-27-10-18/h5-7,9-10,12H,11,13-14H2,1-4H3. The molecule has 8 nitrogen and oxygen atoms in total. The summed E-state index contributed by atoms with van der Waals surface area (Å²) in [4.78, 5) is 19.0. The van der Waals surface area contributed by atoms with E-state index in [0.29, 0.717) is 30.3 Å². The third-order valence-electron chi connectivity index (χ3n) is 5.14. The van der Waals surface area contributed by atoms with Gasteiger partial charge < -0.3 is 14.4 Å². The fraction of sp³-hybridized carbons (Fsp3) is 0.333. The van der Waals surface area contributed by atoms with Crippen molar-refractivity contribution in [2.45, 2.75) is 33.9 Å². The Morgan fingerprint density at radius 3 is 2.70 bits per heavy atom. The Balaban J connectivity index is 1.63. The van der Waals surface area contributed by atoms with Crippen LogP contribution in [0.3, 0.4) is 0 Å². The number of methoxy groups -OCH3 is 1. The average Bonchev–Trinajstić information content (AvgIpc) is 3.35. The molecule has 1 amide bonds. The van der Waals surface area contributed by atoms with Crippen LogP contribution >= 0.6 is 0 Å². The van der Waals surface area contributed by atoms with Gasteiger partial charge in [0.2, 0.25) is 0 Å². The van der Waals surface area contributed by atoms with Gasteiger partial charge in [0.25, 0.3) is 5.91 Å². The second-order valence-corrected chi connectivity index (χ2v) is 9.05. The summed E-state index contributed by atoms with van der Waals surface area (Å²) in [6.07, 6.45) is 4.41. The molecule has 33 heavy (non-hydrogen) atoms. The number of hydrogen-bond donors (Lipinski definition) is 0. The number of halogens is 1. The fourth-order valence-electron chi connectivity index (χ4n) is 3.59. The highest BCUT2D eigenvalue weighted by Crippen LogP contribution is 2.36. The predicted octanol–water partition coefficient (Wildman–Crippen LogP) is 3.87. The van der Waals surface area contributed by atoms with E-state index < -0.39 is 5.82 Å². The fourth-order valence-corrected chi connectivity index (χ4v) is 3.59. The normalized spacial score (nSPS) is 12.9. The number of carbonyl (C=O) groups is 1. The van der Waals surface area contributed by atoms with Crippen molar-refractivity contribution in [2.24, 2.45) is 5.41 Å². The Labute approximate surface area is 191 Å².